The Morgan fingerprint density at radius 1 is 1.32 bits per heavy atom. The van der Waals surface area contributed by atoms with Gasteiger partial charge in [-0.2, -0.15) is 5.10 Å². The number of thiophene rings is 1. The highest BCUT2D eigenvalue weighted by Gasteiger charge is 2.29. The van der Waals surface area contributed by atoms with E-state index in [1.54, 1.807) is 22.4 Å². The third-order valence-electron chi connectivity index (χ3n) is 6.86. The molecule has 0 spiro atoms. The summed E-state index contributed by atoms with van der Waals surface area (Å²) in [6.07, 6.45) is 3.90. The number of carbonyl (C=O) groups is 3. The third kappa shape index (κ3) is 5.77. The van der Waals surface area contributed by atoms with Crippen molar-refractivity contribution in [1.82, 2.24) is 30.1 Å². The summed E-state index contributed by atoms with van der Waals surface area (Å²) in [5, 5.41) is 18.5. The molecule has 1 atom stereocenters. The number of nitrogens with one attached hydrogen (secondary N) is 2. The summed E-state index contributed by atoms with van der Waals surface area (Å²) in [6, 6.07) is 3.42. The first-order valence-electron chi connectivity index (χ1n) is 12.7. The molecule has 15 heteroatoms. The lowest BCUT2D eigenvalue weighted by atomic mass is 10.0. The van der Waals surface area contributed by atoms with E-state index in [-0.39, 0.29) is 31.0 Å². The molecule has 2 aliphatic heterocycles. The molecule has 13 nitrogen and oxygen atoms in total. The fourth-order valence-electron chi connectivity index (χ4n) is 4.99. The van der Waals surface area contributed by atoms with Crippen LogP contribution >= 0.6 is 22.9 Å². The Kier molecular flexibility index (Phi) is 7.98. The number of carbonyl (C=O) groups excluding carboxylic acids is 2. The zero-order valence-electron chi connectivity index (χ0n) is 21.7. The number of aromatic nitrogens is 3. The lowest BCUT2D eigenvalue weighted by Crippen LogP contribution is -2.47. The Morgan fingerprint density at radius 2 is 2.15 bits per heavy atom. The summed E-state index contributed by atoms with van der Waals surface area (Å²) in [5.41, 5.74) is 9.69. The monoisotopic (exact) mass is 588 g/mol. The molecule has 5 N–H and O–H groups in total. The molecule has 3 aromatic heterocycles. The lowest BCUT2D eigenvalue weighted by molar-refractivity contribution is -0.127. The van der Waals surface area contributed by atoms with Crippen LogP contribution in [0.1, 0.15) is 35.1 Å². The summed E-state index contributed by atoms with van der Waals surface area (Å²) in [6.45, 7) is 4.01. The first-order valence-corrected chi connectivity index (χ1v) is 13.9. The molecule has 40 heavy (non-hydrogen) atoms. The van der Waals surface area contributed by atoms with E-state index in [2.05, 4.69) is 25.6 Å². The van der Waals surface area contributed by atoms with E-state index >= 15 is 0 Å². The van der Waals surface area contributed by atoms with Crippen LogP contribution in [0.3, 0.4) is 0 Å². The van der Waals surface area contributed by atoms with Crippen molar-refractivity contribution in [3.8, 4) is 5.75 Å². The highest BCUT2D eigenvalue weighted by molar-refractivity contribution is 7.18. The van der Waals surface area contributed by atoms with Crippen molar-refractivity contribution < 1.29 is 24.2 Å². The number of hydrogen-bond donors (Lipinski definition) is 4. The standard InChI is InChI=1S/C25H29ClN8O5S/c1-14(35)32-7-4-15(11-32)17-9-18(21-23(27)29-13-30-34(17)21)33-6-2-3-16(12-33)31-24(36)22-19(10-20(26)40-22)39-8-5-28-25(37)38/h4,9-10,13,16,28H,2-3,5-8,11-12H2,1H3,(H,31,36)(H,37,38)(H2,27,29,30). The summed E-state index contributed by atoms with van der Waals surface area (Å²) in [7, 11) is 0. The van der Waals surface area contributed by atoms with E-state index in [0.29, 0.717) is 45.9 Å². The minimum absolute atomic E-state index is 0.00796. The zero-order valence-corrected chi connectivity index (χ0v) is 23.3. The van der Waals surface area contributed by atoms with Crippen LogP contribution in [-0.4, -0.2) is 87.9 Å². The molecule has 1 unspecified atom stereocenters. The van der Waals surface area contributed by atoms with Crippen molar-refractivity contribution in [3.05, 3.63) is 39.4 Å². The Morgan fingerprint density at radius 3 is 2.90 bits per heavy atom. The first kappa shape index (κ1) is 27.5. The molecule has 0 aromatic carbocycles. The van der Waals surface area contributed by atoms with Crippen LogP contribution in [0.5, 0.6) is 5.75 Å². The number of amides is 3. The van der Waals surface area contributed by atoms with Gasteiger partial charge in [-0.05, 0) is 24.5 Å². The van der Waals surface area contributed by atoms with E-state index in [9.17, 15) is 14.4 Å². The molecule has 212 valence electrons. The molecular weight excluding hydrogens is 560 g/mol. The van der Waals surface area contributed by atoms with Crippen LogP contribution in [0.2, 0.25) is 4.34 Å². The van der Waals surface area contributed by atoms with Gasteiger partial charge in [0.1, 0.15) is 29.1 Å². The maximum Gasteiger partial charge on any atom is 0.404 e. The predicted octanol–water partition coefficient (Wildman–Crippen LogP) is 2.32. The Labute approximate surface area is 238 Å². The minimum atomic E-state index is -1.15. The number of ether oxygens (including phenoxy) is 1. The van der Waals surface area contributed by atoms with Gasteiger partial charge in [-0.25, -0.2) is 14.3 Å². The van der Waals surface area contributed by atoms with Crippen LogP contribution in [0.15, 0.2) is 24.5 Å². The second kappa shape index (κ2) is 11.6. The number of fused-ring (bicyclic) bond motifs is 1. The van der Waals surface area contributed by atoms with Crippen molar-refractivity contribution in [2.75, 3.05) is 50.0 Å². The van der Waals surface area contributed by atoms with Gasteiger partial charge in [0, 0.05) is 45.2 Å². The van der Waals surface area contributed by atoms with Gasteiger partial charge in [-0.15, -0.1) is 11.3 Å². The average Bonchev–Trinajstić information content (AvgIpc) is 3.64. The molecule has 5 heterocycles. The number of nitrogens with two attached hydrogens (primary N) is 1. The van der Waals surface area contributed by atoms with Gasteiger partial charge in [0.25, 0.3) is 5.91 Å². The van der Waals surface area contributed by atoms with Crippen LogP contribution in [0.25, 0.3) is 11.1 Å². The number of nitrogens with zero attached hydrogens (tertiary/aromatic N) is 5. The van der Waals surface area contributed by atoms with Crippen molar-refractivity contribution in [3.63, 3.8) is 0 Å². The SMILES string of the molecule is CC(=O)N1CC=C(c2cc(N3CCCC(NC(=O)c4sc(Cl)cc4OCCNC(=O)O)C3)c3c(N)ncnn23)C1. The molecule has 0 aliphatic carbocycles. The number of carboxylic acid groups (broad SMARTS) is 1. The van der Waals surface area contributed by atoms with Crippen molar-refractivity contribution in [1.29, 1.82) is 0 Å². The largest absolute Gasteiger partial charge is 0.490 e. The first-order chi connectivity index (χ1) is 19.2. The Hall–Kier alpha value is -4.04. The van der Waals surface area contributed by atoms with Crippen LogP contribution in [-0.2, 0) is 4.79 Å². The van der Waals surface area contributed by atoms with E-state index in [4.69, 9.17) is 27.2 Å². The van der Waals surface area contributed by atoms with E-state index in [0.717, 1.165) is 47.7 Å². The highest BCUT2D eigenvalue weighted by Crippen LogP contribution is 2.36. The van der Waals surface area contributed by atoms with E-state index < -0.39 is 6.09 Å². The molecule has 0 radical (unpaired) electrons. The molecule has 1 saturated heterocycles. The molecule has 1 fully saturated rings. The zero-order chi connectivity index (χ0) is 28.4. The number of piperidine rings is 1. The quantitative estimate of drug-likeness (QED) is 0.289. The molecule has 0 bridgehead atoms. The number of nitrogen functional groups attached to an aromatic ring is 1. The fraction of sp³-hybridized carbons (Fsp3) is 0.400. The van der Waals surface area contributed by atoms with Gasteiger partial charge in [-0.1, -0.05) is 17.7 Å². The smallest absolute Gasteiger partial charge is 0.404 e. The molecule has 3 amide bonds. The van der Waals surface area contributed by atoms with Gasteiger partial charge in [0.15, 0.2) is 5.82 Å². The fourth-order valence-corrected chi connectivity index (χ4v) is 6.06. The molecular formula is C25H29ClN8O5S. The number of halogens is 1. The molecule has 5 rings (SSSR count). The highest BCUT2D eigenvalue weighted by atomic mass is 35.5. The normalized spacial score (nSPS) is 17.1. The number of anilines is 2. The van der Waals surface area contributed by atoms with E-state index in [1.165, 1.54) is 6.33 Å². The second-order valence-electron chi connectivity index (χ2n) is 9.53. The molecule has 2 aliphatic rings. The second-order valence-corrected chi connectivity index (χ2v) is 11.2. The summed E-state index contributed by atoms with van der Waals surface area (Å²) in [4.78, 5) is 44.2. The van der Waals surface area contributed by atoms with Gasteiger partial charge in [0.2, 0.25) is 5.91 Å². The Bertz CT molecular complexity index is 1490. The maximum absolute atomic E-state index is 13.2. The summed E-state index contributed by atoms with van der Waals surface area (Å²) in [5.74, 6) is 0.353. The van der Waals surface area contributed by atoms with Crippen molar-refractivity contribution >= 4 is 63.4 Å². The van der Waals surface area contributed by atoms with Crippen molar-refractivity contribution in [2.45, 2.75) is 25.8 Å². The van der Waals surface area contributed by atoms with Gasteiger partial charge < -0.3 is 36.0 Å². The number of rotatable bonds is 8. The summed E-state index contributed by atoms with van der Waals surface area (Å²) < 4.78 is 7.78. The molecule has 0 saturated carbocycles. The van der Waals surface area contributed by atoms with Crippen LogP contribution < -0.4 is 26.0 Å². The van der Waals surface area contributed by atoms with Crippen molar-refractivity contribution in [2.24, 2.45) is 0 Å². The topological polar surface area (TPSA) is 167 Å². The Balaban J connectivity index is 1.32. The van der Waals surface area contributed by atoms with Crippen LogP contribution in [0, 0.1) is 0 Å². The lowest BCUT2D eigenvalue weighted by Gasteiger charge is -2.34. The minimum Gasteiger partial charge on any atom is -0.490 e. The van der Waals surface area contributed by atoms with E-state index in [1.807, 2.05) is 12.1 Å². The summed E-state index contributed by atoms with van der Waals surface area (Å²) >= 11 is 7.26. The maximum atomic E-state index is 13.2. The average molecular weight is 589 g/mol. The predicted molar refractivity (Wildman–Crippen MR) is 151 cm³/mol. The van der Waals surface area contributed by atoms with Gasteiger partial charge in [-0.3, -0.25) is 9.59 Å². The van der Waals surface area contributed by atoms with Gasteiger partial charge in [0.05, 0.1) is 22.3 Å². The van der Waals surface area contributed by atoms with Gasteiger partial charge >= 0.3 is 6.09 Å². The number of hydrogen-bond acceptors (Lipinski definition) is 9. The molecule has 3 aromatic rings. The van der Waals surface area contributed by atoms with Crippen LogP contribution in [0.4, 0.5) is 16.3 Å². The third-order valence-corrected chi connectivity index (χ3v) is 8.11.